The Bertz CT molecular complexity index is 625. The fourth-order valence-corrected chi connectivity index (χ4v) is 2.73. The standard InChI is InChI=1S/C16H20N4OS.ClH/c1-12-11-13(22-16-18-9-4-10-19-16)6-7-14(12)20-15(21)5-3-8-17-2;/h4,6-7,9-11,17H,3,5,8H2,1-2H3,(H,20,21);1H. The highest BCUT2D eigenvalue weighted by atomic mass is 35.5. The van der Waals surface area contributed by atoms with Gasteiger partial charge in [-0.25, -0.2) is 9.97 Å². The van der Waals surface area contributed by atoms with E-state index in [9.17, 15) is 4.79 Å². The Morgan fingerprint density at radius 3 is 2.65 bits per heavy atom. The minimum absolute atomic E-state index is 0. The molecule has 1 amide bonds. The second-order valence-corrected chi connectivity index (χ2v) is 5.91. The summed E-state index contributed by atoms with van der Waals surface area (Å²) >= 11 is 1.50. The molecule has 23 heavy (non-hydrogen) atoms. The zero-order valence-corrected chi connectivity index (χ0v) is 14.8. The van der Waals surface area contributed by atoms with Crippen LogP contribution in [-0.4, -0.2) is 29.5 Å². The highest BCUT2D eigenvalue weighted by Crippen LogP contribution is 2.27. The summed E-state index contributed by atoms with van der Waals surface area (Å²) in [4.78, 5) is 21.3. The van der Waals surface area contributed by atoms with E-state index in [1.165, 1.54) is 11.8 Å². The van der Waals surface area contributed by atoms with Gasteiger partial charge in [0.15, 0.2) is 5.16 Å². The second-order valence-electron chi connectivity index (χ2n) is 4.87. The predicted octanol–water partition coefficient (Wildman–Crippen LogP) is 3.30. The van der Waals surface area contributed by atoms with Gasteiger partial charge in [-0.05, 0) is 68.5 Å². The molecule has 0 aliphatic carbocycles. The number of nitrogens with zero attached hydrogens (tertiary/aromatic N) is 2. The topological polar surface area (TPSA) is 66.9 Å². The molecule has 1 heterocycles. The first-order chi connectivity index (χ1) is 10.7. The van der Waals surface area contributed by atoms with Crippen LogP contribution in [0.3, 0.4) is 0 Å². The van der Waals surface area contributed by atoms with Gasteiger partial charge in [-0.2, -0.15) is 0 Å². The van der Waals surface area contributed by atoms with Crippen LogP contribution in [0.1, 0.15) is 18.4 Å². The van der Waals surface area contributed by atoms with Crippen molar-refractivity contribution in [1.82, 2.24) is 15.3 Å². The summed E-state index contributed by atoms with van der Waals surface area (Å²) in [5.41, 5.74) is 1.88. The molecule has 0 fully saturated rings. The van der Waals surface area contributed by atoms with Crippen molar-refractivity contribution in [2.45, 2.75) is 29.8 Å². The number of anilines is 1. The molecule has 0 aliphatic heterocycles. The summed E-state index contributed by atoms with van der Waals surface area (Å²) in [5, 5.41) is 6.70. The van der Waals surface area contributed by atoms with Crippen molar-refractivity contribution in [3.05, 3.63) is 42.2 Å². The lowest BCUT2D eigenvalue weighted by Crippen LogP contribution is -2.15. The van der Waals surface area contributed by atoms with Crippen LogP contribution in [0.2, 0.25) is 0 Å². The number of halogens is 1. The third-order valence-electron chi connectivity index (χ3n) is 3.05. The second kappa shape index (κ2) is 10.2. The van der Waals surface area contributed by atoms with E-state index in [2.05, 4.69) is 20.6 Å². The summed E-state index contributed by atoms with van der Waals surface area (Å²) < 4.78 is 0. The molecule has 1 aromatic carbocycles. The molecule has 2 N–H and O–H groups in total. The van der Waals surface area contributed by atoms with Crippen molar-refractivity contribution in [2.75, 3.05) is 18.9 Å². The van der Waals surface area contributed by atoms with Gasteiger partial charge in [-0.1, -0.05) is 0 Å². The van der Waals surface area contributed by atoms with Crippen molar-refractivity contribution >= 4 is 35.8 Å². The van der Waals surface area contributed by atoms with Crippen LogP contribution in [-0.2, 0) is 4.79 Å². The van der Waals surface area contributed by atoms with Gasteiger partial charge in [-0.15, -0.1) is 12.4 Å². The number of carbonyl (C=O) groups is 1. The van der Waals surface area contributed by atoms with E-state index < -0.39 is 0 Å². The largest absolute Gasteiger partial charge is 0.326 e. The smallest absolute Gasteiger partial charge is 0.224 e. The average Bonchev–Trinajstić information content (AvgIpc) is 2.51. The molecular weight excluding hydrogens is 332 g/mol. The van der Waals surface area contributed by atoms with Crippen LogP contribution in [0.15, 0.2) is 46.7 Å². The monoisotopic (exact) mass is 352 g/mol. The molecule has 0 bridgehead atoms. The molecule has 0 atom stereocenters. The average molecular weight is 353 g/mol. The number of aryl methyl sites for hydroxylation is 1. The minimum Gasteiger partial charge on any atom is -0.326 e. The first-order valence-corrected chi connectivity index (χ1v) is 8.00. The van der Waals surface area contributed by atoms with Crippen molar-refractivity contribution < 1.29 is 4.79 Å². The summed E-state index contributed by atoms with van der Waals surface area (Å²) in [7, 11) is 1.88. The van der Waals surface area contributed by atoms with E-state index in [1.807, 2.05) is 32.2 Å². The number of rotatable bonds is 7. The fraction of sp³-hybridized carbons (Fsp3) is 0.312. The lowest BCUT2D eigenvalue weighted by molar-refractivity contribution is -0.116. The van der Waals surface area contributed by atoms with Crippen molar-refractivity contribution in [3.63, 3.8) is 0 Å². The van der Waals surface area contributed by atoms with Crippen molar-refractivity contribution in [3.8, 4) is 0 Å². The highest BCUT2D eigenvalue weighted by Gasteiger charge is 2.06. The van der Waals surface area contributed by atoms with Gasteiger partial charge in [0.2, 0.25) is 5.91 Å². The zero-order valence-electron chi connectivity index (χ0n) is 13.2. The number of benzene rings is 1. The van der Waals surface area contributed by atoms with E-state index in [0.717, 1.165) is 29.1 Å². The molecule has 0 unspecified atom stereocenters. The Kier molecular flexibility index (Phi) is 8.61. The fourth-order valence-electron chi connectivity index (χ4n) is 1.92. The molecule has 0 saturated heterocycles. The molecule has 124 valence electrons. The zero-order chi connectivity index (χ0) is 15.8. The minimum atomic E-state index is 0. The molecule has 5 nitrogen and oxygen atoms in total. The van der Waals surface area contributed by atoms with Crippen molar-refractivity contribution in [2.24, 2.45) is 0 Å². The Balaban J connectivity index is 0.00000264. The molecule has 0 saturated carbocycles. The molecule has 0 aliphatic rings. The van der Waals surface area contributed by atoms with E-state index in [0.29, 0.717) is 11.6 Å². The van der Waals surface area contributed by atoms with Gasteiger partial charge < -0.3 is 10.6 Å². The summed E-state index contributed by atoms with van der Waals surface area (Å²) in [6, 6.07) is 7.72. The van der Waals surface area contributed by atoms with Crippen LogP contribution in [0.4, 0.5) is 5.69 Å². The summed E-state index contributed by atoms with van der Waals surface area (Å²) in [5.74, 6) is 0.0464. The van der Waals surface area contributed by atoms with Crippen LogP contribution in [0, 0.1) is 6.92 Å². The van der Waals surface area contributed by atoms with Gasteiger partial charge in [0.1, 0.15) is 0 Å². The number of aromatic nitrogens is 2. The maximum atomic E-state index is 11.9. The van der Waals surface area contributed by atoms with Gasteiger partial charge in [0.25, 0.3) is 0 Å². The number of hydrogen-bond acceptors (Lipinski definition) is 5. The molecule has 0 radical (unpaired) electrons. The van der Waals surface area contributed by atoms with Crippen LogP contribution in [0.5, 0.6) is 0 Å². The molecule has 1 aromatic heterocycles. The Morgan fingerprint density at radius 1 is 1.26 bits per heavy atom. The van der Waals surface area contributed by atoms with Crippen molar-refractivity contribution in [1.29, 1.82) is 0 Å². The lowest BCUT2D eigenvalue weighted by atomic mass is 10.2. The summed E-state index contributed by atoms with van der Waals surface area (Å²) in [6.07, 6.45) is 4.80. The maximum Gasteiger partial charge on any atom is 0.224 e. The van der Waals surface area contributed by atoms with Crippen LogP contribution in [0.25, 0.3) is 0 Å². The number of amides is 1. The molecule has 2 aromatic rings. The van der Waals surface area contributed by atoms with Gasteiger partial charge in [-0.3, -0.25) is 4.79 Å². The third kappa shape index (κ3) is 6.56. The molecular formula is C16H21ClN4OS. The highest BCUT2D eigenvalue weighted by molar-refractivity contribution is 7.99. The quantitative estimate of drug-likeness (QED) is 0.591. The normalized spacial score (nSPS) is 10.0. The van der Waals surface area contributed by atoms with Gasteiger partial charge in [0.05, 0.1) is 0 Å². The number of carbonyl (C=O) groups excluding carboxylic acids is 1. The maximum absolute atomic E-state index is 11.9. The molecule has 0 spiro atoms. The van der Waals surface area contributed by atoms with Gasteiger partial charge >= 0.3 is 0 Å². The van der Waals surface area contributed by atoms with E-state index in [1.54, 1.807) is 18.5 Å². The van der Waals surface area contributed by atoms with E-state index >= 15 is 0 Å². The predicted molar refractivity (Wildman–Crippen MR) is 96.4 cm³/mol. The van der Waals surface area contributed by atoms with Crippen LogP contribution >= 0.6 is 24.2 Å². The first kappa shape index (κ1) is 19.4. The third-order valence-corrected chi connectivity index (χ3v) is 3.94. The Morgan fingerprint density at radius 2 is 2.00 bits per heavy atom. The number of nitrogens with one attached hydrogen (secondary N) is 2. The Labute approximate surface area is 147 Å². The van der Waals surface area contributed by atoms with Gasteiger partial charge in [0, 0.05) is 29.4 Å². The van der Waals surface area contributed by atoms with Crippen LogP contribution < -0.4 is 10.6 Å². The lowest BCUT2D eigenvalue weighted by Gasteiger charge is -2.10. The number of hydrogen-bond donors (Lipinski definition) is 2. The molecule has 7 heteroatoms. The molecule has 2 rings (SSSR count). The first-order valence-electron chi connectivity index (χ1n) is 7.19. The summed E-state index contributed by atoms with van der Waals surface area (Å²) in [6.45, 7) is 2.83. The SMILES string of the molecule is CNCCCC(=O)Nc1ccc(Sc2ncccn2)cc1C.Cl. The van der Waals surface area contributed by atoms with E-state index in [4.69, 9.17) is 0 Å². The Hall–Kier alpha value is -1.63. The van der Waals surface area contributed by atoms with E-state index in [-0.39, 0.29) is 18.3 Å².